The van der Waals surface area contributed by atoms with Crippen LogP contribution in [0.3, 0.4) is 0 Å². The van der Waals surface area contributed by atoms with Crippen LogP contribution >= 0.6 is 11.6 Å². The molecule has 1 heterocycles. The van der Waals surface area contributed by atoms with Crippen LogP contribution in [0.2, 0.25) is 5.02 Å². The Labute approximate surface area is 96.7 Å². The van der Waals surface area contributed by atoms with Crippen molar-refractivity contribution in [3.63, 3.8) is 0 Å². The van der Waals surface area contributed by atoms with Gasteiger partial charge >= 0.3 is 5.69 Å². The van der Waals surface area contributed by atoms with Gasteiger partial charge in [-0.25, -0.2) is 4.79 Å². The second-order valence-corrected chi connectivity index (χ2v) is 4.44. The van der Waals surface area contributed by atoms with Gasteiger partial charge in [-0.05, 0) is 31.0 Å². The molecule has 5 heteroatoms. The normalized spacial score (nSPS) is 15.3. The third-order valence-corrected chi connectivity index (χ3v) is 2.84. The maximum absolute atomic E-state index is 11.4. The molecule has 1 fully saturated rings. The van der Waals surface area contributed by atoms with Crippen molar-refractivity contribution in [3.8, 4) is 0 Å². The Morgan fingerprint density at radius 3 is 3.00 bits per heavy atom. The van der Waals surface area contributed by atoms with E-state index >= 15 is 0 Å². The number of aromatic nitrogens is 2. The molecule has 0 radical (unpaired) electrons. The Kier molecular flexibility index (Phi) is 2.11. The second kappa shape index (κ2) is 3.49. The van der Waals surface area contributed by atoms with Crippen LogP contribution in [0, 0.1) is 0 Å². The molecule has 0 aliphatic heterocycles. The zero-order chi connectivity index (χ0) is 11.1. The number of aromatic amines is 1. The summed E-state index contributed by atoms with van der Waals surface area (Å²) in [6.07, 6.45) is 2.28. The number of fused-ring (bicyclic) bond motifs is 1. The van der Waals surface area contributed by atoms with E-state index < -0.39 is 0 Å². The summed E-state index contributed by atoms with van der Waals surface area (Å²) >= 11 is 5.88. The van der Waals surface area contributed by atoms with E-state index in [1.165, 1.54) is 0 Å². The molecule has 1 aromatic carbocycles. The van der Waals surface area contributed by atoms with E-state index in [1.54, 1.807) is 12.1 Å². The van der Waals surface area contributed by atoms with Crippen molar-refractivity contribution >= 4 is 28.3 Å². The fourth-order valence-corrected chi connectivity index (χ4v) is 1.83. The molecule has 1 saturated carbocycles. The minimum Gasteiger partial charge on any atom is -0.367 e. The monoisotopic (exact) mass is 235 g/mol. The summed E-state index contributed by atoms with van der Waals surface area (Å²) in [6, 6.07) is 5.86. The quantitative estimate of drug-likeness (QED) is 0.839. The van der Waals surface area contributed by atoms with Gasteiger partial charge in [0.1, 0.15) is 5.82 Å². The number of halogens is 1. The van der Waals surface area contributed by atoms with Crippen LogP contribution in [0.5, 0.6) is 0 Å². The minimum absolute atomic E-state index is 0.349. The summed E-state index contributed by atoms with van der Waals surface area (Å²) in [5.41, 5.74) is 0.369. The first-order chi connectivity index (χ1) is 7.72. The number of hydrogen-bond donors (Lipinski definition) is 2. The lowest BCUT2D eigenvalue weighted by Crippen LogP contribution is -2.15. The topological polar surface area (TPSA) is 57.8 Å². The molecule has 0 atom stereocenters. The van der Waals surface area contributed by atoms with Crippen LogP contribution in [-0.2, 0) is 0 Å². The SMILES string of the molecule is O=c1nc(NC2CC2)c2ccc(Cl)cc2[nH]1. The molecule has 0 saturated heterocycles. The number of hydrogen-bond acceptors (Lipinski definition) is 3. The zero-order valence-corrected chi connectivity index (χ0v) is 9.21. The van der Waals surface area contributed by atoms with Gasteiger partial charge in [-0.1, -0.05) is 11.6 Å². The second-order valence-electron chi connectivity index (χ2n) is 4.00. The lowest BCUT2D eigenvalue weighted by atomic mass is 10.2. The molecular weight excluding hydrogens is 226 g/mol. The van der Waals surface area contributed by atoms with E-state index in [4.69, 9.17) is 11.6 Å². The summed E-state index contributed by atoms with van der Waals surface area (Å²) in [4.78, 5) is 18.0. The van der Waals surface area contributed by atoms with Crippen molar-refractivity contribution in [3.05, 3.63) is 33.7 Å². The number of anilines is 1. The number of nitrogens with zero attached hydrogens (tertiary/aromatic N) is 1. The largest absolute Gasteiger partial charge is 0.367 e. The predicted molar refractivity (Wildman–Crippen MR) is 64.0 cm³/mol. The number of rotatable bonds is 2. The molecule has 2 N–H and O–H groups in total. The lowest BCUT2D eigenvalue weighted by Gasteiger charge is -2.06. The first-order valence-corrected chi connectivity index (χ1v) is 5.56. The minimum atomic E-state index is -0.349. The molecule has 4 nitrogen and oxygen atoms in total. The smallest absolute Gasteiger partial charge is 0.347 e. The van der Waals surface area contributed by atoms with Gasteiger partial charge in [0.25, 0.3) is 0 Å². The fourth-order valence-electron chi connectivity index (χ4n) is 1.66. The van der Waals surface area contributed by atoms with E-state index in [1.807, 2.05) is 6.07 Å². The summed E-state index contributed by atoms with van der Waals surface area (Å²) in [5.74, 6) is 0.651. The molecule has 0 bridgehead atoms. The van der Waals surface area contributed by atoms with E-state index in [2.05, 4.69) is 15.3 Å². The van der Waals surface area contributed by atoms with Crippen molar-refractivity contribution in [1.29, 1.82) is 0 Å². The molecule has 1 aliphatic rings. The van der Waals surface area contributed by atoms with Crippen LogP contribution in [0.1, 0.15) is 12.8 Å². The Morgan fingerprint density at radius 1 is 1.44 bits per heavy atom. The molecule has 0 spiro atoms. The Bertz CT molecular complexity index is 604. The first-order valence-electron chi connectivity index (χ1n) is 5.18. The van der Waals surface area contributed by atoms with Gasteiger partial charge in [0.05, 0.1) is 5.52 Å². The molecule has 1 aromatic heterocycles. The van der Waals surface area contributed by atoms with Gasteiger partial charge in [0.2, 0.25) is 0 Å². The van der Waals surface area contributed by atoms with Gasteiger partial charge in [0.15, 0.2) is 0 Å². The summed E-state index contributed by atoms with van der Waals surface area (Å²) in [6.45, 7) is 0. The van der Waals surface area contributed by atoms with Gasteiger partial charge in [-0.2, -0.15) is 4.98 Å². The summed E-state index contributed by atoms with van der Waals surface area (Å²) in [7, 11) is 0. The van der Waals surface area contributed by atoms with E-state index in [0.717, 1.165) is 23.7 Å². The maximum Gasteiger partial charge on any atom is 0.347 e. The summed E-state index contributed by atoms with van der Waals surface area (Å²) in [5, 5.41) is 4.75. The van der Waals surface area contributed by atoms with Crippen LogP contribution in [0.15, 0.2) is 23.0 Å². The maximum atomic E-state index is 11.4. The molecule has 3 rings (SSSR count). The van der Waals surface area contributed by atoms with Gasteiger partial charge in [-0.3, -0.25) is 0 Å². The van der Waals surface area contributed by atoms with Crippen LogP contribution in [0.25, 0.3) is 10.9 Å². The third-order valence-electron chi connectivity index (χ3n) is 2.61. The Morgan fingerprint density at radius 2 is 2.25 bits per heavy atom. The third kappa shape index (κ3) is 1.76. The number of H-pyrrole nitrogens is 1. The number of nitrogens with one attached hydrogen (secondary N) is 2. The highest BCUT2D eigenvalue weighted by molar-refractivity contribution is 6.31. The predicted octanol–water partition coefficient (Wildman–Crippen LogP) is 2.15. The first kappa shape index (κ1) is 9.66. The fraction of sp³-hybridized carbons (Fsp3) is 0.273. The van der Waals surface area contributed by atoms with Crippen molar-refractivity contribution in [2.75, 3.05) is 5.32 Å². The van der Waals surface area contributed by atoms with E-state index in [9.17, 15) is 4.79 Å². The van der Waals surface area contributed by atoms with Gasteiger partial charge < -0.3 is 10.3 Å². The molecular formula is C11H10ClN3O. The van der Waals surface area contributed by atoms with Crippen molar-refractivity contribution in [2.45, 2.75) is 18.9 Å². The van der Waals surface area contributed by atoms with Crippen LogP contribution < -0.4 is 11.0 Å². The standard InChI is InChI=1S/C11H10ClN3O/c12-6-1-4-8-9(5-6)14-11(16)15-10(8)13-7-2-3-7/h1,4-5,7H,2-3H2,(H2,13,14,15,16). The Balaban J connectivity index is 2.20. The van der Waals surface area contributed by atoms with Gasteiger partial charge in [0, 0.05) is 16.5 Å². The average molecular weight is 236 g/mol. The lowest BCUT2D eigenvalue weighted by molar-refractivity contribution is 1.06. The van der Waals surface area contributed by atoms with Crippen molar-refractivity contribution in [2.24, 2.45) is 0 Å². The van der Waals surface area contributed by atoms with E-state index in [0.29, 0.717) is 16.9 Å². The molecule has 0 amide bonds. The zero-order valence-electron chi connectivity index (χ0n) is 8.46. The molecule has 1 aliphatic carbocycles. The highest BCUT2D eigenvalue weighted by atomic mass is 35.5. The Hall–Kier alpha value is -1.55. The number of benzene rings is 1. The molecule has 82 valence electrons. The van der Waals surface area contributed by atoms with Crippen molar-refractivity contribution < 1.29 is 0 Å². The molecule has 2 aromatic rings. The molecule has 0 unspecified atom stereocenters. The highest BCUT2D eigenvalue weighted by Crippen LogP contribution is 2.27. The molecule has 16 heavy (non-hydrogen) atoms. The van der Waals surface area contributed by atoms with Crippen molar-refractivity contribution in [1.82, 2.24) is 9.97 Å². The average Bonchev–Trinajstić information content (AvgIpc) is 3.00. The highest BCUT2D eigenvalue weighted by Gasteiger charge is 2.22. The summed E-state index contributed by atoms with van der Waals surface area (Å²) < 4.78 is 0. The van der Waals surface area contributed by atoms with Crippen LogP contribution in [-0.4, -0.2) is 16.0 Å². The van der Waals surface area contributed by atoms with Crippen LogP contribution in [0.4, 0.5) is 5.82 Å². The van der Waals surface area contributed by atoms with E-state index in [-0.39, 0.29) is 5.69 Å². The van der Waals surface area contributed by atoms with Gasteiger partial charge in [-0.15, -0.1) is 0 Å².